The van der Waals surface area contributed by atoms with Crippen molar-refractivity contribution in [2.24, 2.45) is 0 Å². The number of H-pyrrole nitrogens is 2. The monoisotopic (exact) mass is 400 g/mol. The quantitative estimate of drug-likeness (QED) is 0.422. The van der Waals surface area contributed by atoms with Crippen molar-refractivity contribution < 1.29 is 9.18 Å². The van der Waals surface area contributed by atoms with Crippen LogP contribution in [0.4, 0.5) is 4.39 Å². The van der Waals surface area contributed by atoms with E-state index < -0.39 is 0 Å². The molecule has 0 aliphatic carbocycles. The third-order valence-electron chi connectivity index (χ3n) is 5.03. The zero-order valence-electron chi connectivity index (χ0n) is 16.0. The van der Waals surface area contributed by atoms with Gasteiger partial charge in [0, 0.05) is 23.3 Å². The third kappa shape index (κ3) is 3.18. The molecule has 7 nitrogen and oxygen atoms in total. The molecule has 0 saturated carbocycles. The van der Waals surface area contributed by atoms with Crippen molar-refractivity contribution in [1.29, 1.82) is 0 Å². The van der Waals surface area contributed by atoms with E-state index in [1.54, 1.807) is 31.5 Å². The number of pyridine rings is 1. The Kier molecular flexibility index (Phi) is 4.24. The normalized spacial score (nSPS) is 12.3. The van der Waals surface area contributed by atoms with Gasteiger partial charge in [0.1, 0.15) is 11.5 Å². The second-order valence-corrected chi connectivity index (χ2v) is 7.06. The number of nitrogens with one attached hydrogen (secondary N) is 3. The molecule has 0 bridgehead atoms. The molecule has 0 saturated heterocycles. The zero-order valence-corrected chi connectivity index (χ0v) is 16.0. The van der Waals surface area contributed by atoms with E-state index in [1.807, 2.05) is 24.3 Å². The highest BCUT2D eigenvalue weighted by atomic mass is 19.1. The number of hydrogen-bond acceptors (Lipinski definition) is 4. The van der Waals surface area contributed by atoms with Crippen LogP contribution >= 0.6 is 0 Å². The number of rotatable bonds is 4. The van der Waals surface area contributed by atoms with Crippen LogP contribution in [-0.4, -0.2) is 31.1 Å². The van der Waals surface area contributed by atoms with Crippen molar-refractivity contribution in [1.82, 2.24) is 30.5 Å². The predicted octanol–water partition coefficient (Wildman–Crippen LogP) is 4.13. The zero-order chi connectivity index (χ0) is 20.7. The number of aromatic nitrogens is 5. The van der Waals surface area contributed by atoms with Gasteiger partial charge in [-0.1, -0.05) is 12.1 Å². The summed E-state index contributed by atoms with van der Waals surface area (Å²) in [6, 6.07) is 13.3. The van der Waals surface area contributed by atoms with Crippen molar-refractivity contribution in [2.45, 2.75) is 13.0 Å². The number of aromatic amines is 2. The molecule has 1 atom stereocenters. The summed E-state index contributed by atoms with van der Waals surface area (Å²) in [6.45, 7) is 1.80. The maximum absolute atomic E-state index is 13.4. The van der Waals surface area contributed by atoms with E-state index in [-0.39, 0.29) is 23.6 Å². The lowest BCUT2D eigenvalue weighted by Crippen LogP contribution is -2.27. The van der Waals surface area contributed by atoms with Gasteiger partial charge in [-0.25, -0.2) is 9.37 Å². The van der Waals surface area contributed by atoms with Crippen molar-refractivity contribution in [3.05, 3.63) is 78.1 Å². The molecule has 3 aromatic heterocycles. The summed E-state index contributed by atoms with van der Waals surface area (Å²) < 4.78 is 13.4. The standard InChI is InChI=1S/C22H17FN6O/c1-12(14-3-2-4-15(23)9-14)25-22(30)21-26-18-10-16-17(11-19(18)27-21)28-29-20(16)13-5-7-24-8-6-13/h2-12H,1H3,(H,25,30)(H,26,27)(H,28,29)/t12-/m1/s1. The van der Waals surface area contributed by atoms with Gasteiger partial charge in [0.25, 0.3) is 5.91 Å². The fourth-order valence-electron chi connectivity index (χ4n) is 3.48. The average molecular weight is 400 g/mol. The number of carbonyl (C=O) groups is 1. The van der Waals surface area contributed by atoms with Crippen LogP contribution in [0.3, 0.4) is 0 Å². The highest BCUT2D eigenvalue weighted by Crippen LogP contribution is 2.29. The van der Waals surface area contributed by atoms with Gasteiger partial charge in [0.05, 0.1) is 22.6 Å². The second-order valence-electron chi connectivity index (χ2n) is 7.06. The summed E-state index contributed by atoms with van der Waals surface area (Å²) >= 11 is 0. The van der Waals surface area contributed by atoms with Crippen LogP contribution in [0.5, 0.6) is 0 Å². The Hall–Kier alpha value is -4.07. The molecule has 8 heteroatoms. The maximum atomic E-state index is 13.4. The Morgan fingerprint density at radius 1 is 1.10 bits per heavy atom. The number of amides is 1. The van der Waals surface area contributed by atoms with E-state index in [1.165, 1.54) is 12.1 Å². The lowest BCUT2D eigenvalue weighted by Gasteiger charge is -2.13. The number of halogens is 1. The molecule has 0 aliphatic rings. The summed E-state index contributed by atoms with van der Waals surface area (Å²) in [4.78, 5) is 24.2. The minimum atomic E-state index is -0.362. The molecule has 1 amide bonds. The van der Waals surface area contributed by atoms with E-state index in [2.05, 4.69) is 30.5 Å². The third-order valence-corrected chi connectivity index (χ3v) is 5.03. The Morgan fingerprint density at radius 2 is 1.93 bits per heavy atom. The highest BCUT2D eigenvalue weighted by molar-refractivity contribution is 6.02. The molecule has 0 unspecified atom stereocenters. The van der Waals surface area contributed by atoms with Crippen LogP contribution < -0.4 is 5.32 Å². The number of fused-ring (bicyclic) bond motifs is 2. The van der Waals surface area contributed by atoms with Crippen LogP contribution in [0.1, 0.15) is 29.1 Å². The SMILES string of the molecule is C[C@@H](NC(=O)c1nc2cc3c(-c4ccncc4)n[nH]c3cc2[nH]1)c1cccc(F)c1. The van der Waals surface area contributed by atoms with Crippen molar-refractivity contribution in [3.63, 3.8) is 0 Å². The number of hydrogen-bond donors (Lipinski definition) is 3. The van der Waals surface area contributed by atoms with Gasteiger partial charge in [-0.3, -0.25) is 14.9 Å². The lowest BCUT2D eigenvalue weighted by atomic mass is 10.1. The second kappa shape index (κ2) is 7.07. The topological polar surface area (TPSA) is 99.3 Å². The Morgan fingerprint density at radius 3 is 2.73 bits per heavy atom. The van der Waals surface area contributed by atoms with E-state index >= 15 is 0 Å². The molecule has 0 radical (unpaired) electrons. The fourth-order valence-corrected chi connectivity index (χ4v) is 3.48. The molecule has 0 spiro atoms. The minimum absolute atomic E-state index is 0.194. The average Bonchev–Trinajstić information content (AvgIpc) is 3.36. The van der Waals surface area contributed by atoms with Crippen molar-refractivity contribution in [3.8, 4) is 11.3 Å². The molecule has 5 aromatic rings. The first-order chi connectivity index (χ1) is 14.6. The number of carbonyl (C=O) groups excluding carboxylic acids is 1. The van der Waals surface area contributed by atoms with Gasteiger partial charge in [0.15, 0.2) is 5.82 Å². The molecule has 3 heterocycles. The first-order valence-corrected chi connectivity index (χ1v) is 9.43. The van der Waals surface area contributed by atoms with E-state index in [9.17, 15) is 9.18 Å². The van der Waals surface area contributed by atoms with Crippen LogP contribution in [0, 0.1) is 5.82 Å². The van der Waals surface area contributed by atoms with Gasteiger partial charge in [-0.2, -0.15) is 5.10 Å². The largest absolute Gasteiger partial charge is 0.343 e. The van der Waals surface area contributed by atoms with Crippen LogP contribution in [0.15, 0.2) is 60.9 Å². The molecular formula is C22H17FN6O. The number of imidazole rings is 1. The number of nitrogens with zero attached hydrogens (tertiary/aromatic N) is 3. The van der Waals surface area contributed by atoms with Gasteiger partial charge in [-0.15, -0.1) is 0 Å². The number of benzene rings is 2. The smallest absolute Gasteiger partial charge is 0.287 e. The van der Waals surface area contributed by atoms with Crippen molar-refractivity contribution in [2.75, 3.05) is 0 Å². The fraction of sp³-hybridized carbons (Fsp3) is 0.0909. The molecular weight excluding hydrogens is 383 g/mol. The molecule has 5 rings (SSSR count). The minimum Gasteiger partial charge on any atom is -0.343 e. The first kappa shape index (κ1) is 18.0. The molecule has 0 aliphatic heterocycles. The van der Waals surface area contributed by atoms with Gasteiger partial charge in [0.2, 0.25) is 0 Å². The molecule has 0 fully saturated rings. The van der Waals surface area contributed by atoms with Crippen LogP contribution in [0.25, 0.3) is 33.2 Å². The van der Waals surface area contributed by atoms with E-state index in [0.717, 1.165) is 27.7 Å². The summed E-state index contributed by atoms with van der Waals surface area (Å²) in [5, 5.41) is 11.2. The highest BCUT2D eigenvalue weighted by Gasteiger charge is 2.17. The van der Waals surface area contributed by atoms with Crippen LogP contribution in [0.2, 0.25) is 0 Å². The van der Waals surface area contributed by atoms with E-state index in [0.29, 0.717) is 11.1 Å². The molecule has 3 N–H and O–H groups in total. The molecule has 148 valence electrons. The summed E-state index contributed by atoms with van der Waals surface area (Å²) in [5.74, 6) is -0.510. The van der Waals surface area contributed by atoms with Gasteiger partial charge < -0.3 is 10.3 Å². The van der Waals surface area contributed by atoms with Crippen molar-refractivity contribution >= 4 is 27.8 Å². The summed E-state index contributed by atoms with van der Waals surface area (Å²) in [6.07, 6.45) is 3.43. The Bertz CT molecular complexity index is 1370. The first-order valence-electron chi connectivity index (χ1n) is 9.43. The van der Waals surface area contributed by atoms with E-state index in [4.69, 9.17) is 0 Å². The van der Waals surface area contributed by atoms with Crippen LogP contribution in [-0.2, 0) is 0 Å². The predicted molar refractivity (Wildman–Crippen MR) is 111 cm³/mol. The molecule has 30 heavy (non-hydrogen) atoms. The lowest BCUT2D eigenvalue weighted by molar-refractivity contribution is 0.0930. The Labute approximate surface area is 170 Å². The van der Waals surface area contributed by atoms with Gasteiger partial charge in [-0.05, 0) is 48.9 Å². The summed E-state index contributed by atoms with van der Waals surface area (Å²) in [5.41, 5.74) is 4.62. The molecule has 2 aromatic carbocycles. The maximum Gasteiger partial charge on any atom is 0.287 e. The summed E-state index contributed by atoms with van der Waals surface area (Å²) in [7, 11) is 0. The Balaban J connectivity index is 1.46. The van der Waals surface area contributed by atoms with Gasteiger partial charge >= 0.3 is 0 Å².